The molecule has 2 heterocycles. The largest absolute Gasteiger partial charge is 0.360 e. The van der Waals surface area contributed by atoms with Crippen molar-refractivity contribution in [1.82, 2.24) is 10.2 Å². The van der Waals surface area contributed by atoms with Crippen molar-refractivity contribution in [3.05, 3.63) is 35.9 Å². The Morgan fingerprint density at radius 1 is 1.00 bits per heavy atom. The van der Waals surface area contributed by atoms with Crippen molar-refractivity contribution in [3.8, 4) is 0 Å². The fourth-order valence-electron chi connectivity index (χ4n) is 4.73. The van der Waals surface area contributed by atoms with Crippen LogP contribution < -0.4 is 5.32 Å². The van der Waals surface area contributed by atoms with Crippen LogP contribution in [0.4, 0.5) is 0 Å². The van der Waals surface area contributed by atoms with Crippen molar-refractivity contribution in [2.24, 2.45) is 11.8 Å². The van der Waals surface area contributed by atoms with Crippen LogP contribution >= 0.6 is 0 Å². The smallest absolute Gasteiger partial charge is 0.256 e. The first kappa shape index (κ1) is 17.0. The molecule has 2 aliphatic heterocycles. The van der Waals surface area contributed by atoms with Crippen molar-refractivity contribution < 1.29 is 9.53 Å². The monoisotopic (exact) mass is 342 g/mol. The average molecular weight is 342 g/mol. The Morgan fingerprint density at radius 3 is 2.28 bits per heavy atom. The molecule has 1 aromatic rings. The molecule has 1 aromatic carbocycles. The lowest BCUT2D eigenvalue weighted by molar-refractivity contribution is -0.148. The lowest BCUT2D eigenvalue weighted by Gasteiger charge is -2.28. The van der Waals surface area contributed by atoms with Crippen LogP contribution in [-0.2, 0) is 9.53 Å². The van der Waals surface area contributed by atoms with E-state index in [1.807, 2.05) is 30.3 Å². The lowest BCUT2D eigenvalue weighted by atomic mass is 9.92. The van der Waals surface area contributed by atoms with E-state index < -0.39 is 6.10 Å². The molecule has 136 valence electrons. The predicted octanol–water partition coefficient (Wildman–Crippen LogP) is 3.14. The van der Waals surface area contributed by atoms with E-state index in [4.69, 9.17) is 4.74 Å². The first-order chi connectivity index (χ1) is 12.3. The highest BCUT2D eigenvalue weighted by Gasteiger charge is 2.35. The average Bonchev–Trinajstić information content (AvgIpc) is 3.28. The van der Waals surface area contributed by atoms with Crippen LogP contribution in [0.15, 0.2) is 30.3 Å². The van der Waals surface area contributed by atoms with Gasteiger partial charge in [0, 0.05) is 13.1 Å². The first-order valence-electron chi connectivity index (χ1n) is 10.0. The summed E-state index contributed by atoms with van der Waals surface area (Å²) in [6, 6.07) is 10.1. The van der Waals surface area contributed by atoms with Gasteiger partial charge in [-0.05, 0) is 56.2 Å². The summed E-state index contributed by atoms with van der Waals surface area (Å²) < 4.78 is 6.34. The fraction of sp³-hybridized carbons (Fsp3) is 0.667. The van der Waals surface area contributed by atoms with E-state index in [0.717, 1.165) is 69.3 Å². The molecule has 1 saturated carbocycles. The summed E-state index contributed by atoms with van der Waals surface area (Å²) in [4.78, 5) is 15.4. The van der Waals surface area contributed by atoms with Crippen LogP contribution in [0.25, 0.3) is 0 Å². The van der Waals surface area contributed by atoms with Gasteiger partial charge in [-0.25, -0.2) is 0 Å². The third-order valence-electron chi connectivity index (χ3n) is 6.29. The molecular formula is C21H30N2O2. The van der Waals surface area contributed by atoms with Gasteiger partial charge in [-0.3, -0.25) is 4.79 Å². The molecule has 0 spiro atoms. The topological polar surface area (TPSA) is 41.6 Å². The van der Waals surface area contributed by atoms with Gasteiger partial charge in [0.1, 0.15) is 0 Å². The summed E-state index contributed by atoms with van der Waals surface area (Å²) in [7, 11) is 0. The second kappa shape index (κ2) is 7.88. The molecule has 0 bridgehead atoms. The molecule has 3 atom stereocenters. The first-order valence-corrected chi connectivity index (χ1v) is 10.0. The Kier molecular flexibility index (Phi) is 5.37. The molecule has 0 radical (unpaired) electrons. The Morgan fingerprint density at radius 2 is 1.64 bits per heavy atom. The molecule has 4 nitrogen and oxygen atoms in total. The van der Waals surface area contributed by atoms with E-state index in [1.54, 1.807) is 0 Å². The van der Waals surface area contributed by atoms with Crippen LogP contribution in [0, 0.1) is 11.8 Å². The lowest BCUT2D eigenvalue weighted by Crippen LogP contribution is -2.38. The van der Waals surface area contributed by atoms with Gasteiger partial charge in [-0.2, -0.15) is 0 Å². The van der Waals surface area contributed by atoms with Gasteiger partial charge in [-0.1, -0.05) is 43.2 Å². The zero-order valence-electron chi connectivity index (χ0n) is 15.0. The van der Waals surface area contributed by atoms with E-state index in [1.165, 1.54) is 12.8 Å². The molecule has 0 aromatic heterocycles. The summed E-state index contributed by atoms with van der Waals surface area (Å²) in [5.74, 6) is 1.65. The quantitative estimate of drug-likeness (QED) is 0.914. The molecule has 4 rings (SSSR count). The van der Waals surface area contributed by atoms with Crippen LogP contribution in [0.1, 0.15) is 50.2 Å². The zero-order valence-corrected chi connectivity index (χ0v) is 15.0. The van der Waals surface area contributed by atoms with Crippen LogP contribution in [0.5, 0.6) is 0 Å². The summed E-state index contributed by atoms with van der Waals surface area (Å²) in [6.07, 6.45) is 6.67. The molecule has 2 saturated heterocycles. The number of nitrogens with zero attached hydrogens (tertiary/aromatic N) is 1. The number of nitrogens with one attached hydrogen (secondary N) is 1. The number of ether oxygens (including phenoxy) is 1. The maximum absolute atomic E-state index is 13.3. The van der Waals surface area contributed by atoms with Gasteiger partial charge < -0.3 is 15.0 Å². The van der Waals surface area contributed by atoms with Gasteiger partial charge in [0.15, 0.2) is 6.10 Å². The Labute approximate surface area is 150 Å². The molecule has 4 heteroatoms. The summed E-state index contributed by atoms with van der Waals surface area (Å²) >= 11 is 0. The number of likely N-dealkylation sites (tertiary alicyclic amines) is 1. The number of amides is 1. The number of fused-ring (bicyclic) bond motifs is 1. The standard InChI is InChI=1S/C21H30N2O2/c24-21(23-12-10-17-14-22-15-18(17)11-13-23)20(16-6-2-1-3-7-16)25-19-8-4-5-9-19/h1-3,6-7,17-20,22H,4-5,8-15H2/t17-,18+,20?. The fourth-order valence-corrected chi connectivity index (χ4v) is 4.73. The van der Waals surface area contributed by atoms with Gasteiger partial charge in [-0.15, -0.1) is 0 Å². The van der Waals surface area contributed by atoms with Crippen molar-refractivity contribution in [3.63, 3.8) is 0 Å². The minimum absolute atomic E-state index is 0.172. The van der Waals surface area contributed by atoms with Crippen molar-refractivity contribution >= 4 is 5.91 Å². The maximum atomic E-state index is 13.3. The third kappa shape index (κ3) is 3.90. The molecule has 1 aliphatic carbocycles. The predicted molar refractivity (Wildman–Crippen MR) is 98.2 cm³/mol. The van der Waals surface area contributed by atoms with Gasteiger partial charge in [0.2, 0.25) is 0 Å². The SMILES string of the molecule is O=C(C(OC1CCCC1)c1ccccc1)N1CC[C@@H]2CNC[C@@H]2CC1. The molecular weight excluding hydrogens is 312 g/mol. The zero-order chi connectivity index (χ0) is 17.1. The molecule has 1 unspecified atom stereocenters. The molecule has 3 fully saturated rings. The van der Waals surface area contributed by atoms with Crippen LogP contribution in [-0.4, -0.2) is 43.1 Å². The second-order valence-electron chi connectivity index (χ2n) is 7.91. The van der Waals surface area contributed by atoms with E-state index in [2.05, 4.69) is 10.2 Å². The van der Waals surface area contributed by atoms with Crippen LogP contribution in [0.2, 0.25) is 0 Å². The van der Waals surface area contributed by atoms with E-state index in [0.29, 0.717) is 0 Å². The summed E-state index contributed by atoms with van der Waals surface area (Å²) in [5.41, 5.74) is 1.01. The number of benzene rings is 1. The number of rotatable bonds is 4. The van der Waals surface area contributed by atoms with E-state index >= 15 is 0 Å². The minimum Gasteiger partial charge on any atom is -0.360 e. The highest BCUT2D eigenvalue weighted by Crippen LogP contribution is 2.32. The van der Waals surface area contributed by atoms with E-state index in [-0.39, 0.29) is 12.0 Å². The Hall–Kier alpha value is -1.39. The van der Waals surface area contributed by atoms with E-state index in [9.17, 15) is 4.79 Å². The third-order valence-corrected chi connectivity index (χ3v) is 6.29. The van der Waals surface area contributed by atoms with Crippen molar-refractivity contribution in [2.75, 3.05) is 26.2 Å². The highest BCUT2D eigenvalue weighted by molar-refractivity contribution is 5.82. The van der Waals surface area contributed by atoms with Crippen molar-refractivity contribution in [2.45, 2.75) is 50.7 Å². The summed E-state index contributed by atoms with van der Waals surface area (Å²) in [5, 5.41) is 3.50. The number of hydrogen-bond donors (Lipinski definition) is 1. The van der Waals surface area contributed by atoms with Gasteiger partial charge in [0.05, 0.1) is 6.10 Å². The highest BCUT2D eigenvalue weighted by atomic mass is 16.5. The number of carbonyl (C=O) groups is 1. The van der Waals surface area contributed by atoms with Gasteiger partial charge in [0.25, 0.3) is 5.91 Å². The van der Waals surface area contributed by atoms with Crippen molar-refractivity contribution in [1.29, 1.82) is 0 Å². The number of carbonyl (C=O) groups excluding carboxylic acids is 1. The molecule has 1 amide bonds. The second-order valence-corrected chi connectivity index (χ2v) is 7.91. The number of hydrogen-bond acceptors (Lipinski definition) is 3. The van der Waals surface area contributed by atoms with Gasteiger partial charge >= 0.3 is 0 Å². The minimum atomic E-state index is -0.430. The Balaban J connectivity index is 1.48. The molecule has 3 aliphatic rings. The molecule has 1 N–H and O–H groups in total. The molecule has 25 heavy (non-hydrogen) atoms. The Bertz CT molecular complexity index is 557. The maximum Gasteiger partial charge on any atom is 0.256 e. The van der Waals surface area contributed by atoms with Crippen LogP contribution in [0.3, 0.4) is 0 Å². The summed E-state index contributed by atoms with van der Waals surface area (Å²) in [6.45, 7) is 3.98. The normalized spacial score (nSPS) is 28.6.